The van der Waals surface area contributed by atoms with E-state index in [0.29, 0.717) is 30.0 Å². The number of hydrogen-bond acceptors (Lipinski definition) is 7. The van der Waals surface area contributed by atoms with Crippen molar-refractivity contribution in [3.05, 3.63) is 72.1 Å². The Morgan fingerprint density at radius 3 is 2.31 bits per heavy atom. The maximum atomic E-state index is 5.46. The van der Waals surface area contributed by atoms with E-state index < -0.39 is 0 Å². The SMILES string of the molecule is CCOc1ccc(-c2noc(CSc3ccc(-c4ccc(CC(C)C)cc4)nn3)n2)cc1. The summed E-state index contributed by atoms with van der Waals surface area (Å²) >= 11 is 1.51. The van der Waals surface area contributed by atoms with Gasteiger partial charge in [0.1, 0.15) is 10.8 Å². The van der Waals surface area contributed by atoms with Crippen molar-refractivity contribution in [3.63, 3.8) is 0 Å². The van der Waals surface area contributed by atoms with E-state index in [9.17, 15) is 0 Å². The highest BCUT2D eigenvalue weighted by Gasteiger charge is 2.10. The smallest absolute Gasteiger partial charge is 0.237 e. The summed E-state index contributed by atoms with van der Waals surface area (Å²) in [6.45, 7) is 7.05. The van der Waals surface area contributed by atoms with Crippen LogP contribution in [-0.2, 0) is 12.2 Å². The second-order valence-corrected chi connectivity index (χ2v) is 8.81. The Bertz CT molecular complexity index is 1120. The molecule has 2 aromatic carbocycles. The molecule has 0 saturated carbocycles. The Morgan fingerprint density at radius 2 is 1.66 bits per heavy atom. The van der Waals surface area contributed by atoms with Gasteiger partial charge in [-0.2, -0.15) is 4.98 Å². The van der Waals surface area contributed by atoms with Crippen molar-refractivity contribution in [2.45, 2.75) is 38.0 Å². The van der Waals surface area contributed by atoms with Gasteiger partial charge in [0.25, 0.3) is 0 Å². The molecule has 32 heavy (non-hydrogen) atoms. The van der Waals surface area contributed by atoms with E-state index in [1.54, 1.807) is 0 Å². The van der Waals surface area contributed by atoms with E-state index in [1.807, 2.05) is 43.3 Å². The molecule has 0 amide bonds. The summed E-state index contributed by atoms with van der Waals surface area (Å²) in [7, 11) is 0. The highest BCUT2D eigenvalue weighted by molar-refractivity contribution is 7.98. The Hall–Kier alpha value is -3.19. The van der Waals surface area contributed by atoms with Crippen molar-refractivity contribution in [2.75, 3.05) is 6.61 Å². The van der Waals surface area contributed by atoms with Gasteiger partial charge in [0.2, 0.25) is 11.7 Å². The van der Waals surface area contributed by atoms with Gasteiger partial charge in [0, 0.05) is 11.1 Å². The Balaban J connectivity index is 1.34. The number of thioether (sulfide) groups is 1. The van der Waals surface area contributed by atoms with Gasteiger partial charge in [-0.25, -0.2) is 0 Å². The van der Waals surface area contributed by atoms with Crippen LogP contribution < -0.4 is 4.74 Å². The van der Waals surface area contributed by atoms with Crippen LogP contribution in [0.25, 0.3) is 22.6 Å². The molecule has 7 heteroatoms. The molecule has 164 valence electrons. The minimum atomic E-state index is 0.530. The van der Waals surface area contributed by atoms with Gasteiger partial charge in [-0.05, 0) is 61.2 Å². The summed E-state index contributed by atoms with van der Waals surface area (Å²) in [4.78, 5) is 4.48. The number of hydrogen-bond donors (Lipinski definition) is 0. The zero-order valence-corrected chi connectivity index (χ0v) is 19.3. The first-order valence-corrected chi connectivity index (χ1v) is 11.7. The van der Waals surface area contributed by atoms with Gasteiger partial charge in [-0.1, -0.05) is 55.0 Å². The zero-order valence-electron chi connectivity index (χ0n) is 18.5. The van der Waals surface area contributed by atoms with E-state index in [0.717, 1.165) is 34.0 Å². The lowest BCUT2D eigenvalue weighted by Crippen LogP contribution is -1.94. The molecule has 2 heterocycles. The Labute approximate surface area is 192 Å². The van der Waals surface area contributed by atoms with E-state index in [2.05, 4.69) is 58.5 Å². The van der Waals surface area contributed by atoms with E-state index in [-0.39, 0.29) is 0 Å². The van der Waals surface area contributed by atoms with Gasteiger partial charge >= 0.3 is 0 Å². The summed E-state index contributed by atoms with van der Waals surface area (Å²) in [5.74, 6) is 3.11. The van der Waals surface area contributed by atoms with Gasteiger partial charge in [0.15, 0.2) is 0 Å². The van der Waals surface area contributed by atoms with Gasteiger partial charge in [0.05, 0.1) is 18.1 Å². The zero-order chi connectivity index (χ0) is 22.3. The molecule has 0 aliphatic carbocycles. The van der Waals surface area contributed by atoms with E-state index in [1.165, 1.54) is 17.3 Å². The first-order valence-electron chi connectivity index (χ1n) is 10.7. The molecule has 0 saturated heterocycles. The van der Waals surface area contributed by atoms with Crippen molar-refractivity contribution in [3.8, 4) is 28.4 Å². The Morgan fingerprint density at radius 1 is 0.906 bits per heavy atom. The fraction of sp³-hybridized carbons (Fsp3) is 0.280. The maximum absolute atomic E-state index is 5.46. The van der Waals surface area contributed by atoms with Crippen LogP contribution in [0, 0.1) is 5.92 Å². The lowest BCUT2D eigenvalue weighted by atomic mass is 10.0. The van der Waals surface area contributed by atoms with Crippen molar-refractivity contribution >= 4 is 11.8 Å². The second-order valence-electron chi connectivity index (χ2n) is 7.81. The summed E-state index contributed by atoms with van der Waals surface area (Å²) in [5.41, 5.74) is 4.16. The Kier molecular flexibility index (Phi) is 7.17. The van der Waals surface area contributed by atoms with Crippen LogP contribution in [0.5, 0.6) is 5.75 Å². The number of aromatic nitrogens is 4. The monoisotopic (exact) mass is 446 g/mol. The molecule has 0 aliphatic rings. The van der Waals surface area contributed by atoms with Crippen molar-refractivity contribution in [1.29, 1.82) is 0 Å². The minimum Gasteiger partial charge on any atom is -0.494 e. The molecule has 0 N–H and O–H groups in total. The molecule has 0 aliphatic heterocycles. The fourth-order valence-corrected chi connectivity index (χ4v) is 3.92. The van der Waals surface area contributed by atoms with Crippen LogP contribution in [0.4, 0.5) is 0 Å². The van der Waals surface area contributed by atoms with Crippen LogP contribution in [-0.4, -0.2) is 26.9 Å². The molecule has 4 rings (SSSR count). The van der Waals surface area contributed by atoms with E-state index in [4.69, 9.17) is 9.26 Å². The lowest BCUT2D eigenvalue weighted by Gasteiger charge is -2.06. The third kappa shape index (κ3) is 5.73. The van der Waals surface area contributed by atoms with E-state index >= 15 is 0 Å². The second kappa shape index (κ2) is 10.4. The summed E-state index contributed by atoms with van der Waals surface area (Å²) in [6, 6.07) is 20.2. The molecule has 0 radical (unpaired) electrons. The third-order valence-electron chi connectivity index (χ3n) is 4.77. The fourth-order valence-electron chi connectivity index (χ4n) is 3.27. The normalized spacial score (nSPS) is 11.1. The molecule has 6 nitrogen and oxygen atoms in total. The molecule has 0 fully saturated rings. The topological polar surface area (TPSA) is 73.9 Å². The lowest BCUT2D eigenvalue weighted by molar-refractivity contribution is 0.340. The molecule has 0 bridgehead atoms. The van der Waals surface area contributed by atoms with Gasteiger partial charge in [-0.3, -0.25) is 0 Å². The molecular weight excluding hydrogens is 420 g/mol. The number of benzene rings is 2. The first kappa shape index (κ1) is 22.0. The standard InChI is InChI=1S/C25H26N4O2S/c1-4-30-21-11-9-20(10-12-21)25-26-23(31-29-25)16-32-24-14-13-22(27-28-24)19-7-5-18(6-8-19)15-17(2)3/h5-14,17H,4,15-16H2,1-3H3. The van der Waals surface area contributed by atoms with Crippen molar-refractivity contribution in [1.82, 2.24) is 20.3 Å². The molecule has 2 aromatic heterocycles. The highest BCUT2D eigenvalue weighted by atomic mass is 32.2. The van der Waals surface area contributed by atoms with Crippen LogP contribution in [0.3, 0.4) is 0 Å². The minimum absolute atomic E-state index is 0.530. The summed E-state index contributed by atoms with van der Waals surface area (Å²) in [6.07, 6.45) is 1.08. The van der Waals surface area contributed by atoms with Crippen LogP contribution in [0.1, 0.15) is 32.2 Å². The summed E-state index contributed by atoms with van der Waals surface area (Å²) in [5, 5.41) is 13.6. The molecule has 0 spiro atoms. The summed E-state index contributed by atoms with van der Waals surface area (Å²) < 4.78 is 10.9. The average molecular weight is 447 g/mol. The molecule has 4 aromatic rings. The predicted octanol–water partition coefficient (Wildman–Crippen LogP) is 6.08. The number of ether oxygens (including phenoxy) is 1. The van der Waals surface area contributed by atoms with Crippen LogP contribution in [0.2, 0.25) is 0 Å². The molecule has 0 unspecified atom stereocenters. The highest BCUT2D eigenvalue weighted by Crippen LogP contribution is 2.25. The predicted molar refractivity (Wildman–Crippen MR) is 126 cm³/mol. The van der Waals surface area contributed by atoms with Gasteiger partial charge < -0.3 is 9.26 Å². The largest absolute Gasteiger partial charge is 0.494 e. The van der Waals surface area contributed by atoms with Crippen LogP contribution in [0.15, 0.2) is 70.2 Å². The quantitative estimate of drug-likeness (QED) is 0.288. The van der Waals surface area contributed by atoms with Crippen LogP contribution >= 0.6 is 11.8 Å². The average Bonchev–Trinajstić information content (AvgIpc) is 3.28. The molecular formula is C25H26N4O2S. The number of nitrogens with zero attached hydrogens (tertiary/aromatic N) is 4. The molecule has 0 atom stereocenters. The van der Waals surface area contributed by atoms with Crippen molar-refractivity contribution < 1.29 is 9.26 Å². The van der Waals surface area contributed by atoms with Crippen molar-refractivity contribution in [2.24, 2.45) is 5.92 Å². The number of rotatable bonds is 9. The third-order valence-corrected chi connectivity index (χ3v) is 5.67. The maximum Gasteiger partial charge on any atom is 0.237 e. The van der Waals surface area contributed by atoms with Gasteiger partial charge in [-0.15, -0.1) is 10.2 Å². The first-order chi connectivity index (χ1) is 15.6.